The molecule has 0 unspecified atom stereocenters. The second kappa shape index (κ2) is 8.38. The van der Waals surface area contributed by atoms with Gasteiger partial charge in [-0.05, 0) is 12.1 Å². The zero-order valence-electron chi connectivity index (χ0n) is 11.3. The summed E-state index contributed by atoms with van der Waals surface area (Å²) in [5.41, 5.74) is 1.14. The third-order valence-corrected chi connectivity index (χ3v) is 2.37. The van der Waals surface area contributed by atoms with E-state index >= 15 is 0 Å². The van der Waals surface area contributed by atoms with Gasteiger partial charge in [0.2, 0.25) is 0 Å². The molecule has 0 radical (unpaired) electrons. The fourth-order valence-electron chi connectivity index (χ4n) is 1.42. The normalized spacial score (nSPS) is 8.85. The molecule has 5 heteroatoms. The van der Waals surface area contributed by atoms with Crippen LogP contribution >= 0.6 is 0 Å². The standard InChI is InChI=1S/C15H17N3O2/c1-3-10-17-15(20)18-11-6-8-12-7-4-5-9-13(12)14(19)16-2/h3-5,7,9H,1,10-11H2,2H3,(H,16,19)(H2,17,18,20). The molecule has 5 nitrogen and oxygen atoms in total. The van der Waals surface area contributed by atoms with Gasteiger partial charge in [0.15, 0.2) is 0 Å². The Hall–Kier alpha value is -2.74. The van der Waals surface area contributed by atoms with Crippen molar-refractivity contribution in [2.45, 2.75) is 0 Å². The van der Waals surface area contributed by atoms with Gasteiger partial charge in [-0.1, -0.05) is 30.0 Å². The molecule has 1 aromatic carbocycles. The first kappa shape index (κ1) is 15.3. The first-order valence-corrected chi connectivity index (χ1v) is 6.11. The lowest BCUT2D eigenvalue weighted by Gasteiger charge is -2.02. The van der Waals surface area contributed by atoms with Crippen LogP contribution in [0, 0.1) is 11.8 Å². The lowest BCUT2D eigenvalue weighted by Crippen LogP contribution is -2.35. The van der Waals surface area contributed by atoms with E-state index in [0.717, 1.165) is 0 Å². The van der Waals surface area contributed by atoms with E-state index in [1.165, 1.54) is 0 Å². The van der Waals surface area contributed by atoms with Gasteiger partial charge in [0.25, 0.3) is 5.91 Å². The Morgan fingerprint density at radius 1 is 1.30 bits per heavy atom. The average Bonchev–Trinajstić information content (AvgIpc) is 2.49. The summed E-state index contributed by atoms with van der Waals surface area (Å²) in [4.78, 5) is 22.9. The lowest BCUT2D eigenvalue weighted by atomic mass is 10.1. The van der Waals surface area contributed by atoms with Crippen LogP contribution in [0.2, 0.25) is 0 Å². The molecule has 104 valence electrons. The molecule has 0 bridgehead atoms. The van der Waals surface area contributed by atoms with Crippen LogP contribution in [-0.4, -0.2) is 32.1 Å². The van der Waals surface area contributed by atoms with Gasteiger partial charge >= 0.3 is 6.03 Å². The van der Waals surface area contributed by atoms with Crippen molar-refractivity contribution < 1.29 is 9.59 Å². The van der Waals surface area contributed by atoms with Crippen molar-refractivity contribution >= 4 is 11.9 Å². The smallest absolute Gasteiger partial charge is 0.315 e. The fraction of sp³-hybridized carbons (Fsp3) is 0.200. The number of carbonyl (C=O) groups is 2. The number of carbonyl (C=O) groups excluding carboxylic acids is 2. The highest BCUT2D eigenvalue weighted by Crippen LogP contribution is 2.06. The molecule has 0 aliphatic heterocycles. The number of nitrogens with one attached hydrogen (secondary N) is 3. The molecule has 1 rings (SSSR count). The third kappa shape index (κ3) is 4.86. The Balaban J connectivity index is 2.62. The highest BCUT2D eigenvalue weighted by Gasteiger charge is 2.06. The number of benzene rings is 1. The van der Waals surface area contributed by atoms with Crippen molar-refractivity contribution in [1.82, 2.24) is 16.0 Å². The largest absolute Gasteiger partial charge is 0.355 e. The monoisotopic (exact) mass is 271 g/mol. The summed E-state index contributed by atoms with van der Waals surface area (Å²) in [6.07, 6.45) is 1.59. The average molecular weight is 271 g/mol. The highest BCUT2D eigenvalue weighted by molar-refractivity contribution is 5.96. The Morgan fingerprint density at radius 3 is 2.75 bits per heavy atom. The minimum absolute atomic E-state index is 0.188. The van der Waals surface area contributed by atoms with Gasteiger partial charge in [-0.25, -0.2) is 4.79 Å². The van der Waals surface area contributed by atoms with Crippen LogP contribution in [0.4, 0.5) is 4.79 Å². The first-order chi connectivity index (χ1) is 9.69. The minimum Gasteiger partial charge on any atom is -0.355 e. The molecule has 3 amide bonds. The van der Waals surface area contributed by atoms with E-state index in [1.807, 2.05) is 0 Å². The van der Waals surface area contributed by atoms with Gasteiger partial charge < -0.3 is 16.0 Å². The molecule has 0 atom stereocenters. The zero-order chi connectivity index (χ0) is 14.8. The molecule has 0 aliphatic rings. The van der Waals surface area contributed by atoms with Crippen LogP contribution in [0.15, 0.2) is 36.9 Å². The number of urea groups is 1. The van der Waals surface area contributed by atoms with E-state index in [1.54, 1.807) is 37.4 Å². The van der Waals surface area contributed by atoms with Gasteiger partial charge in [-0.2, -0.15) is 0 Å². The van der Waals surface area contributed by atoms with Crippen molar-refractivity contribution in [1.29, 1.82) is 0 Å². The molecule has 0 aromatic heterocycles. The SMILES string of the molecule is C=CCNC(=O)NCC#Cc1ccccc1C(=O)NC. The molecular weight excluding hydrogens is 254 g/mol. The molecule has 20 heavy (non-hydrogen) atoms. The van der Waals surface area contributed by atoms with Crippen molar-refractivity contribution in [2.75, 3.05) is 20.1 Å². The van der Waals surface area contributed by atoms with Crippen LogP contribution in [0.25, 0.3) is 0 Å². The Bertz CT molecular complexity index is 556. The van der Waals surface area contributed by atoms with E-state index < -0.39 is 0 Å². The number of hydrogen-bond acceptors (Lipinski definition) is 2. The second-order valence-corrected chi connectivity index (χ2v) is 3.78. The lowest BCUT2D eigenvalue weighted by molar-refractivity contribution is 0.0963. The summed E-state index contributed by atoms with van der Waals surface area (Å²) < 4.78 is 0. The molecule has 0 fully saturated rings. The molecule has 0 aliphatic carbocycles. The maximum Gasteiger partial charge on any atom is 0.315 e. The maximum atomic E-state index is 11.6. The summed E-state index contributed by atoms with van der Waals surface area (Å²) in [5, 5.41) is 7.71. The van der Waals surface area contributed by atoms with Crippen LogP contribution in [0.5, 0.6) is 0 Å². The topological polar surface area (TPSA) is 70.2 Å². The zero-order valence-corrected chi connectivity index (χ0v) is 11.3. The Kier molecular flexibility index (Phi) is 6.42. The second-order valence-electron chi connectivity index (χ2n) is 3.78. The molecule has 0 saturated carbocycles. The highest BCUT2D eigenvalue weighted by atomic mass is 16.2. The predicted octanol–water partition coefficient (Wildman–Crippen LogP) is 0.883. The third-order valence-electron chi connectivity index (χ3n) is 2.37. The van der Waals surface area contributed by atoms with E-state index in [0.29, 0.717) is 17.7 Å². The van der Waals surface area contributed by atoms with Crippen LogP contribution in [-0.2, 0) is 0 Å². The van der Waals surface area contributed by atoms with Gasteiger partial charge in [0.1, 0.15) is 0 Å². The molecule has 0 heterocycles. The van der Waals surface area contributed by atoms with Crippen LogP contribution < -0.4 is 16.0 Å². The Labute approximate surface area is 118 Å². The predicted molar refractivity (Wildman–Crippen MR) is 78.3 cm³/mol. The minimum atomic E-state index is -0.307. The summed E-state index contributed by atoms with van der Waals surface area (Å²) in [5.74, 6) is 5.48. The summed E-state index contributed by atoms with van der Waals surface area (Å²) in [6, 6.07) is 6.73. The van der Waals surface area contributed by atoms with Crippen molar-refractivity contribution in [2.24, 2.45) is 0 Å². The maximum absolute atomic E-state index is 11.6. The van der Waals surface area contributed by atoms with Gasteiger partial charge in [-0.3, -0.25) is 4.79 Å². The van der Waals surface area contributed by atoms with Gasteiger partial charge in [0, 0.05) is 19.2 Å². The summed E-state index contributed by atoms with van der Waals surface area (Å²) in [7, 11) is 1.57. The number of amides is 3. The molecular formula is C15H17N3O2. The summed E-state index contributed by atoms with van der Waals surface area (Å²) >= 11 is 0. The molecule has 1 aromatic rings. The van der Waals surface area contributed by atoms with Crippen molar-refractivity contribution in [3.05, 3.63) is 48.0 Å². The summed E-state index contributed by atoms with van der Waals surface area (Å²) in [6.45, 7) is 4.10. The van der Waals surface area contributed by atoms with Crippen molar-refractivity contribution in [3.63, 3.8) is 0 Å². The van der Waals surface area contributed by atoms with E-state index in [-0.39, 0.29) is 18.5 Å². The fourth-order valence-corrected chi connectivity index (χ4v) is 1.42. The van der Waals surface area contributed by atoms with Crippen LogP contribution in [0.1, 0.15) is 15.9 Å². The number of rotatable bonds is 4. The van der Waals surface area contributed by atoms with E-state index in [9.17, 15) is 9.59 Å². The molecule has 0 spiro atoms. The van der Waals surface area contributed by atoms with Crippen LogP contribution in [0.3, 0.4) is 0 Å². The Morgan fingerprint density at radius 2 is 2.05 bits per heavy atom. The van der Waals surface area contributed by atoms with Gasteiger partial charge in [0.05, 0.1) is 12.1 Å². The molecule has 3 N–H and O–H groups in total. The molecule has 0 saturated heterocycles. The first-order valence-electron chi connectivity index (χ1n) is 6.11. The van der Waals surface area contributed by atoms with Gasteiger partial charge in [-0.15, -0.1) is 6.58 Å². The van der Waals surface area contributed by atoms with E-state index in [2.05, 4.69) is 34.4 Å². The van der Waals surface area contributed by atoms with Crippen molar-refractivity contribution in [3.8, 4) is 11.8 Å². The quantitative estimate of drug-likeness (QED) is 0.562. The van der Waals surface area contributed by atoms with E-state index in [4.69, 9.17) is 0 Å². The number of hydrogen-bond donors (Lipinski definition) is 3.